The molecule has 1 saturated carbocycles. The highest BCUT2D eigenvalue weighted by Gasteiger charge is 2.26. The molecule has 1 aliphatic carbocycles. The van der Waals surface area contributed by atoms with Crippen LogP contribution in [-0.4, -0.2) is 28.3 Å². The molecule has 0 saturated heterocycles. The highest BCUT2D eigenvalue weighted by atomic mass is 16.2. The van der Waals surface area contributed by atoms with Crippen molar-refractivity contribution in [1.82, 2.24) is 20.6 Å². The van der Waals surface area contributed by atoms with E-state index in [0.29, 0.717) is 11.6 Å². The van der Waals surface area contributed by atoms with Crippen molar-refractivity contribution in [3.8, 4) is 0 Å². The zero-order valence-corrected chi connectivity index (χ0v) is 16.4. The quantitative estimate of drug-likeness (QED) is 0.599. The fourth-order valence-corrected chi connectivity index (χ4v) is 4.18. The Morgan fingerprint density at radius 3 is 2.69 bits per heavy atom. The number of H-pyrrole nitrogens is 1. The van der Waals surface area contributed by atoms with Crippen LogP contribution in [0, 0.1) is 5.92 Å². The first-order valence-corrected chi connectivity index (χ1v) is 10.3. The molecule has 0 radical (unpaired) electrons. The molecule has 2 amide bonds. The van der Waals surface area contributed by atoms with Crippen LogP contribution in [0.4, 0.5) is 0 Å². The Morgan fingerprint density at radius 2 is 1.93 bits per heavy atom. The average Bonchev–Trinajstić information content (AvgIpc) is 3.21. The van der Waals surface area contributed by atoms with Crippen LogP contribution in [0.3, 0.4) is 0 Å². The van der Waals surface area contributed by atoms with Crippen molar-refractivity contribution in [2.24, 2.45) is 5.92 Å². The van der Waals surface area contributed by atoms with E-state index in [-0.39, 0.29) is 24.4 Å². The number of hydrogen-bond acceptors (Lipinski definition) is 3. The second-order valence-corrected chi connectivity index (χ2v) is 7.68. The molecule has 3 aromatic rings. The van der Waals surface area contributed by atoms with Crippen molar-refractivity contribution in [2.45, 2.75) is 38.1 Å². The minimum absolute atomic E-state index is 0.0579. The first kappa shape index (κ1) is 19.2. The first-order chi connectivity index (χ1) is 14.2. The van der Waals surface area contributed by atoms with Gasteiger partial charge in [-0.3, -0.25) is 14.6 Å². The number of fused-ring (bicyclic) bond motifs is 1. The minimum atomic E-state index is -0.285. The molecule has 1 unspecified atom stereocenters. The number of pyridine rings is 1. The average molecular weight is 390 g/mol. The molecule has 3 N–H and O–H groups in total. The van der Waals surface area contributed by atoms with Crippen LogP contribution in [0.25, 0.3) is 10.9 Å². The number of rotatable bonds is 6. The summed E-state index contributed by atoms with van der Waals surface area (Å²) in [7, 11) is 0. The third-order valence-electron chi connectivity index (χ3n) is 5.67. The molecule has 1 fully saturated rings. The van der Waals surface area contributed by atoms with Crippen molar-refractivity contribution in [1.29, 1.82) is 0 Å². The first-order valence-electron chi connectivity index (χ1n) is 10.3. The lowest BCUT2D eigenvalue weighted by atomic mass is 9.81. The maximum Gasteiger partial charge on any atom is 0.268 e. The molecule has 1 aliphatic rings. The topological polar surface area (TPSA) is 86.9 Å². The number of carbonyl (C=O) groups excluding carboxylic acids is 2. The molecular formula is C23H26N4O2. The molecule has 4 rings (SSSR count). The van der Waals surface area contributed by atoms with Gasteiger partial charge in [0.15, 0.2) is 0 Å². The molecule has 0 bridgehead atoms. The Hall–Kier alpha value is -3.15. The number of hydrogen-bond donors (Lipinski definition) is 3. The number of benzene rings is 1. The van der Waals surface area contributed by atoms with Gasteiger partial charge in [0.2, 0.25) is 5.91 Å². The van der Waals surface area contributed by atoms with E-state index in [1.807, 2.05) is 42.6 Å². The van der Waals surface area contributed by atoms with Gasteiger partial charge in [0, 0.05) is 23.3 Å². The second-order valence-electron chi connectivity index (χ2n) is 7.68. The number of aromatic amines is 1. The number of para-hydroxylation sites is 1. The lowest BCUT2D eigenvalue weighted by molar-refractivity contribution is -0.121. The third kappa shape index (κ3) is 4.65. The smallest absolute Gasteiger partial charge is 0.268 e. The molecule has 0 spiro atoms. The van der Waals surface area contributed by atoms with Crippen LogP contribution < -0.4 is 10.6 Å². The Bertz CT molecular complexity index is 944. The summed E-state index contributed by atoms with van der Waals surface area (Å²) in [5, 5.41) is 6.82. The van der Waals surface area contributed by atoms with Gasteiger partial charge >= 0.3 is 0 Å². The number of amides is 2. The summed E-state index contributed by atoms with van der Waals surface area (Å²) in [6.45, 7) is -0.0579. The third-order valence-corrected chi connectivity index (χ3v) is 5.67. The van der Waals surface area contributed by atoms with E-state index in [1.54, 1.807) is 12.3 Å². The lowest BCUT2D eigenvalue weighted by Crippen LogP contribution is -2.41. The SMILES string of the molecule is O=C(CNC(=O)c1cc2ccccc2[nH]1)NC(c1cccnc1)C1CCCCC1. The summed E-state index contributed by atoms with van der Waals surface area (Å²) in [5.41, 5.74) is 2.38. The summed E-state index contributed by atoms with van der Waals surface area (Å²) < 4.78 is 0. The monoisotopic (exact) mass is 390 g/mol. The zero-order valence-electron chi connectivity index (χ0n) is 16.4. The number of nitrogens with one attached hydrogen (secondary N) is 3. The second kappa shape index (κ2) is 8.90. The van der Waals surface area contributed by atoms with Crippen molar-refractivity contribution in [2.75, 3.05) is 6.54 Å². The van der Waals surface area contributed by atoms with Crippen molar-refractivity contribution < 1.29 is 9.59 Å². The van der Waals surface area contributed by atoms with Crippen molar-refractivity contribution in [3.05, 3.63) is 66.1 Å². The van der Waals surface area contributed by atoms with Crippen LogP contribution >= 0.6 is 0 Å². The zero-order chi connectivity index (χ0) is 20.1. The van der Waals surface area contributed by atoms with Crippen LogP contribution in [0.1, 0.15) is 54.2 Å². The minimum Gasteiger partial charge on any atom is -0.351 e. The van der Waals surface area contributed by atoms with Gasteiger partial charge in [0.25, 0.3) is 5.91 Å². The van der Waals surface area contributed by atoms with E-state index in [2.05, 4.69) is 20.6 Å². The van der Waals surface area contributed by atoms with E-state index >= 15 is 0 Å². The van der Waals surface area contributed by atoms with Gasteiger partial charge in [-0.25, -0.2) is 0 Å². The molecule has 6 heteroatoms. The van der Waals surface area contributed by atoms with Gasteiger partial charge in [0.05, 0.1) is 12.6 Å². The Morgan fingerprint density at radius 1 is 1.10 bits per heavy atom. The van der Waals surface area contributed by atoms with Gasteiger partial charge in [-0.2, -0.15) is 0 Å². The summed E-state index contributed by atoms with van der Waals surface area (Å²) in [6.07, 6.45) is 9.39. The van der Waals surface area contributed by atoms with Crippen molar-refractivity contribution in [3.63, 3.8) is 0 Å². The molecule has 150 valence electrons. The van der Waals surface area contributed by atoms with E-state index in [0.717, 1.165) is 29.3 Å². The standard InChI is InChI=1S/C23H26N4O2/c28-21(15-25-23(29)20-13-17-9-4-5-11-19(17)26-20)27-22(16-7-2-1-3-8-16)18-10-6-12-24-14-18/h4-6,9-14,16,22,26H,1-3,7-8,15H2,(H,25,29)(H,27,28). The van der Waals surface area contributed by atoms with E-state index in [4.69, 9.17) is 0 Å². The predicted molar refractivity (Wildman–Crippen MR) is 112 cm³/mol. The molecule has 0 aliphatic heterocycles. The van der Waals surface area contributed by atoms with Gasteiger partial charge in [0.1, 0.15) is 5.69 Å². The molecular weight excluding hydrogens is 364 g/mol. The summed E-state index contributed by atoms with van der Waals surface area (Å²) in [5.74, 6) is -0.0675. The predicted octanol–water partition coefficient (Wildman–Crippen LogP) is 3.73. The fraction of sp³-hybridized carbons (Fsp3) is 0.348. The maximum absolute atomic E-state index is 12.6. The summed E-state index contributed by atoms with van der Waals surface area (Å²) >= 11 is 0. The van der Waals surface area contributed by atoms with E-state index < -0.39 is 0 Å². The Labute approximate surface area is 170 Å². The van der Waals surface area contributed by atoms with Crippen LogP contribution in [0.5, 0.6) is 0 Å². The van der Waals surface area contributed by atoms with Crippen molar-refractivity contribution >= 4 is 22.7 Å². The van der Waals surface area contributed by atoms with Crippen LogP contribution in [0.15, 0.2) is 54.9 Å². The fourth-order valence-electron chi connectivity index (χ4n) is 4.18. The molecule has 6 nitrogen and oxygen atoms in total. The summed E-state index contributed by atoms with van der Waals surface area (Å²) in [6, 6.07) is 13.3. The maximum atomic E-state index is 12.6. The Balaban J connectivity index is 1.39. The number of aromatic nitrogens is 2. The Kier molecular flexibility index (Phi) is 5.89. The van der Waals surface area contributed by atoms with Gasteiger partial charge in [-0.15, -0.1) is 0 Å². The summed E-state index contributed by atoms with van der Waals surface area (Å²) in [4.78, 5) is 32.4. The molecule has 2 heterocycles. The molecule has 2 aromatic heterocycles. The number of nitrogens with zero attached hydrogens (tertiary/aromatic N) is 1. The molecule has 29 heavy (non-hydrogen) atoms. The van der Waals surface area contributed by atoms with Crippen LogP contribution in [-0.2, 0) is 4.79 Å². The largest absolute Gasteiger partial charge is 0.351 e. The highest BCUT2D eigenvalue weighted by molar-refractivity contribution is 5.99. The van der Waals surface area contributed by atoms with E-state index in [1.165, 1.54) is 19.3 Å². The van der Waals surface area contributed by atoms with E-state index in [9.17, 15) is 9.59 Å². The number of carbonyl (C=O) groups is 2. The highest BCUT2D eigenvalue weighted by Crippen LogP contribution is 2.34. The molecule has 1 aromatic carbocycles. The lowest BCUT2D eigenvalue weighted by Gasteiger charge is -2.31. The normalized spacial score (nSPS) is 15.7. The van der Waals surface area contributed by atoms with Gasteiger partial charge in [-0.05, 0) is 42.5 Å². The van der Waals surface area contributed by atoms with Gasteiger partial charge in [-0.1, -0.05) is 43.5 Å². The van der Waals surface area contributed by atoms with Gasteiger partial charge < -0.3 is 15.6 Å². The molecule has 1 atom stereocenters. The van der Waals surface area contributed by atoms with Crippen LogP contribution in [0.2, 0.25) is 0 Å².